The van der Waals surface area contributed by atoms with Crippen molar-refractivity contribution in [2.24, 2.45) is 0 Å². The number of carbonyl (C=O) groups is 1. The van der Waals surface area contributed by atoms with Crippen molar-refractivity contribution in [1.82, 2.24) is 19.6 Å². The van der Waals surface area contributed by atoms with Crippen molar-refractivity contribution in [3.8, 4) is 0 Å². The first kappa shape index (κ1) is 15.9. The average molecular weight is 395 g/mol. The molecule has 0 bridgehead atoms. The van der Waals surface area contributed by atoms with Gasteiger partial charge < -0.3 is 5.32 Å². The second-order valence-electron chi connectivity index (χ2n) is 5.22. The molecular weight excluding hydrogens is 382 g/mol. The second-order valence-corrected chi connectivity index (χ2v) is 6.48. The summed E-state index contributed by atoms with van der Waals surface area (Å²) in [5.41, 5.74) is 3.16. The molecule has 1 aromatic carbocycles. The second kappa shape index (κ2) is 5.90. The summed E-state index contributed by atoms with van der Waals surface area (Å²) in [5, 5.41) is 7.52. The zero-order valence-corrected chi connectivity index (χ0v) is 15.0. The fourth-order valence-electron chi connectivity index (χ4n) is 2.18. The molecule has 8 heteroatoms. The summed E-state index contributed by atoms with van der Waals surface area (Å²) in [4.78, 5) is 20.8. The van der Waals surface area contributed by atoms with E-state index >= 15 is 0 Å². The lowest BCUT2D eigenvalue weighted by atomic mass is 10.2. The van der Waals surface area contributed by atoms with E-state index in [1.165, 1.54) is 0 Å². The number of anilines is 1. The van der Waals surface area contributed by atoms with Crippen LogP contribution in [0, 0.1) is 20.8 Å². The van der Waals surface area contributed by atoms with Crippen LogP contribution in [0.4, 0.5) is 5.69 Å². The van der Waals surface area contributed by atoms with Crippen LogP contribution in [0.25, 0.3) is 5.78 Å². The molecule has 2 aromatic heterocycles. The molecular formula is C15H13BrClN5O. The molecule has 0 saturated carbocycles. The summed E-state index contributed by atoms with van der Waals surface area (Å²) in [5.74, 6) is 0.0247. The normalized spacial score (nSPS) is 11.0. The predicted molar refractivity (Wildman–Crippen MR) is 92.1 cm³/mol. The number of aryl methyl sites for hydroxylation is 3. The van der Waals surface area contributed by atoms with Crippen molar-refractivity contribution < 1.29 is 4.79 Å². The molecule has 118 valence electrons. The van der Waals surface area contributed by atoms with Gasteiger partial charge in [0.25, 0.3) is 11.7 Å². The number of amides is 1. The predicted octanol–water partition coefficient (Wildman–Crippen LogP) is 3.72. The highest BCUT2D eigenvalue weighted by molar-refractivity contribution is 9.10. The summed E-state index contributed by atoms with van der Waals surface area (Å²) in [6, 6.07) is 5.39. The van der Waals surface area contributed by atoms with E-state index < -0.39 is 5.91 Å². The number of aromatic nitrogens is 4. The van der Waals surface area contributed by atoms with Gasteiger partial charge in [0, 0.05) is 20.9 Å². The number of fused-ring (bicyclic) bond motifs is 1. The smallest absolute Gasteiger partial charge is 0.295 e. The molecule has 1 N–H and O–H groups in total. The third kappa shape index (κ3) is 3.07. The minimum atomic E-state index is -0.423. The van der Waals surface area contributed by atoms with Gasteiger partial charge in [0.1, 0.15) is 0 Å². The topological polar surface area (TPSA) is 72.2 Å². The number of carbonyl (C=O) groups excluding carboxylic acids is 1. The van der Waals surface area contributed by atoms with E-state index in [1.54, 1.807) is 10.6 Å². The summed E-state index contributed by atoms with van der Waals surface area (Å²) >= 11 is 9.51. The summed E-state index contributed by atoms with van der Waals surface area (Å²) < 4.78 is 2.28. The first-order valence-electron chi connectivity index (χ1n) is 6.83. The van der Waals surface area contributed by atoms with E-state index in [4.69, 9.17) is 11.6 Å². The highest BCUT2D eigenvalue weighted by Gasteiger charge is 2.16. The molecule has 0 aliphatic rings. The van der Waals surface area contributed by atoms with Gasteiger partial charge in [0.2, 0.25) is 5.82 Å². The minimum absolute atomic E-state index is 0.0507. The Kier molecular flexibility index (Phi) is 4.08. The van der Waals surface area contributed by atoms with Crippen molar-refractivity contribution in [3.05, 3.63) is 50.5 Å². The molecule has 0 saturated heterocycles. The Labute approximate surface area is 146 Å². The first-order valence-corrected chi connectivity index (χ1v) is 8.00. The van der Waals surface area contributed by atoms with Crippen LogP contribution >= 0.6 is 27.5 Å². The van der Waals surface area contributed by atoms with Crippen LogP contribution < -0.4 is 5.32 Å². The van der Waals surface area contributed by atoms with Gasteiger partial charge in [0.05, 0.1) is 5.69 Å². The number of nitrogens with one attached hydrogen (secondary N) is 1. The van der Waals surface area contributed by atoms with E-state index in [0.717, 1.165) is 21.4 Å². The van der Waals surface area contributed by atoms with Gasteiger partial charge in [-0.1, -0.05) is 11.6 Å². The molecule has 0 aliphatic heterocycles. The number of hydrogen-bond acceptors (Lipinski definition) is 4. The lowest BCUT2D eigenvalue weighted by molar-refractivity contribution is 0.101. The molecule has 1 amide bonds. The fourth-order valence-corrected chi connectivity index (χ4v) is 2.90. The maximum atomic E-state index is 12.4. The molecule has 0 radical (unpaired) electrons. The molecule has 0 spiro atoms. The summed E-state index contributed by atoms with van der Waals surface area (Å²) in [6.07, 6.45) is 0. The van der Waals surface area contributed by atoms with Gasteiger partial charge in [-0.05, 0) is 60.5 Å². The van der Waals surface area contributed by atoms with Crippen molar-refractivity contribution in [2.45, 2.75) is 20.8 Å². The zero-order valence-electron chi connectivity index (χ0n) is 12.7. The van der Waals surface area contributed by atoms with E-state index in [9.17, 15) is 4.79 Å². The number of rotatable bonds is 2. The fraction of sp³-hybridized carbons (Fsp3) is 0.200. The Bertz CT molecular complexity index is 937. The lowest BCUT2D eigenvalue weighted by Crippen LogP contribution is -2.14. The standard InChI is InChI=1S/C15H13BrClN5O/c1-7-4-10(16)12(6-11(7)17)19-14(23)13-20-15-18-8(2)5-9(3)22(15)21-13/h4-6H,1-3H3,(H,19,23). The SMILES string of the molecule is Cc1cc(C)n2nc(C(=O)Nc3cc(Cl)c(C)cc3Br)nc2n1. The van der Waals surface area contributed by atoms with Crippen LogP contribution in [-0.2, 0) is 0 Å². The molecule has 0 unspecified atom stereocenters. The van der Waals surface area contributed by atoms with Gasteiger partial charge >= 0.3 is 0 Å². The van der Waals surface area contributed by atoms with Crippen LogP contribution in [-0.4, -0.2) is 25.5 Å². The summed E-state index contributed by atoms with van der Waals surface area (Å²) in [7, 11) is 0. The third-order valence-electron chi connectivity index (χ3n) is 3.32. The maximum Gasteiger partial charge on any atom is 0.295 e. The molecule has 3 rings (SSSR count). The van der Waals surface area contributed by atoms with Crippen molar-refractivity contribution >= 4 is 44.9 Å². The molecule has 3 aromatic rings. The first-order chi connectivity index (χ1) is 10.8. The quantitative estimate of drug-likeness (QED) is 0.719. The van der Waals surface area contributed by atoms with Gasteiger partial charge in [-0.2, -0.15) is 4.98 Å². The van der Waals surface area contributed by atoms with Crippen LogP contribution in [0.5, 0.6) is 0 Å². The van der Waals surface area contributed by atoms with E-state index in [-0.39, 0.29) is 5.82 Å². The van der Waals surface area contributed by atoms with Crippen molar-refractivity contribution in [3.63, 3.8) is 0 Å². The molecule has 0 aliphatic carbocycles. The Hall–Kier alpha value is -1.99. The number of halogens is 2. The van der Waals surface area contributed by atoms with Crippen LogP contribution in [0.3, 0.4) is 0 Å². The molecule has 0 atom stereocenters. The Morgan fingerprint density at radius 3 is 2.70 bits per heavy atom. The Morgan fingerprint density at radius 1 is 1.22 bits per heavy atom. The number of hydrogen-bond donors (Lipinski definition) is 1. The van der Waals surface area contributed by atoms with Gasteiger partial charge in [-0.3, -0.25) is 4.79 Å². The van der Waals surface area contributed by atoms with Crippen LogP contribution in [0.15, 0.2) is 22.7 Å². The molecule has 2 heterocycles. The molecule has 0 fully saturated rings. The zero-order chi connectivity index (χ0) is 16.7. The number of benzene rings is 1. The van der Waals surface area contributed by atoms with Gasteiger partial charge in [-0.15, -0.1) is 5.10 Å². The van der Waals surface area contributed by atoms with E-state index in [0.29, 0.717) is 16.5 Å². The van der Waals surface area contributed by atoms with Crippen molar-refractivity contribution in [1.29, 1.82) is 0 Å². The van der Waals surface area contributed by atoms with Crippen LogP contribution in [0.1, 0.15) is 27.6 Å². The lowest BCUT2D eigenvalue weighted by Gasteiger charge is -2.07. The Morgan fingerprint density at radius 2 is 1.96 bits per heavy atom. The maximum absolute atomic E-state index is 12.4. The average Bonchev–Trinajstić information content (AvgIpc) is 2.89. The Balaban J connectivity index is 1.95. The third-order valence-corrected chi connectivity index (χ3v) is 4.38. The molecule has 6 nitrogen and oxygen atoms in total. The monoisotopic (exact) mass is 393 g/mol. The van der Waals surface area contributed by atoms with E-state index in [2.05, 4.69) is 36.3 Å². The highest BCUT2D eigenvalue weighted by Crippen LogP contribution is 2.29. The minimum Gasteiger partial charge on any atom is -0.318 e. The summed E-state index contributed by atoms with van der Waals surface area (Å²) in [6.45, 7) is 5.64. The number of nitrogens with zero attached hydrogens (tertiary/aromatic N) is 4. The molecule has 23 heavy (non-hydrogen) atoms. The van der Waals surface area contributed by atoms with Crippen LogP contribution in [0.2, 0.25) is 5.02 Å². The van der Waals surface area contributed by atoms with Gasteiger partial charge in [-0.25, -0.2) is 9.50 Å². The largest absolute Gasteiger partial charge is 0.318 e. The highest BCUT2D eigenvalue weighted by atomic mass is 79.9. The van der Waals surface area contributed by atoms with Gasteiger partial charge in [0.15, 0.2) is 0 Å². The van der Waals surface area contributed by atoms with E-state index in [1.807, 2.05) is 32.9 Å². The van der Waals surface area contributed by atoms with Crippen molar-refractivity contribution in [2.75, 3.05) is 5.32 Å².